The van der Waals surface area contributed by atoms with Gasteiger partial charge in [-0.15, -0.1) is 0 Å². The Kier molecular flexibility index (Phi) is 5.84. The number of nitrogens with zero attached hydrogens (tertiary/aromatic N) is 6. The number of anilines is 2. The van der Waals surface area contributed by atoms with Gasteiger partial charge in [0.2, 0.25) is 0 Å². The summed E-state index contributed by atoms with van der Waals surface area (Å²) in [4.78, 5) is 29.2. The SMILES string of the molecule is N#Cc1c(N)ncnc1N1CCCC1c1nc2cccc(C#CCO)c2c(=O)n1-c1ccccc1. The molecule has 1 atom stereocenters. The van der Waals surface area contributed by atoms with Crippen LogP contribution in [0, 0.1) is 23.2 Å². The van der Waals surface area contributed by atoms with Crippen LogP contribution < -0.4 is 16.2 Å². The van der Waals surface area contributed by atoms with Crippen molar-refractivity contribution in [1.82, 2.24) is 19.5 Å². The van der Waals surface area contributed by atoms with Crippen LogP contribution in [0.3, 0.4) is 0 Å². The van der Waals surface area contributed by atoms with Gasteiger partial charge in [-0.25, -0.2) is 15.0 Å². The zero-order valence-electron chi connectivity index (χ0n) is 18.7. The third kappa shape index (κ3) is 3.84. The first-order chi connectivity index (χ1) is 17.1. The molecule has 1 saturated heterocycles. The quantitative estimate of drug-likeness (QED) is 0.442. The topological polar surface area (TPSA) is 134 Å². The first-order valence-electron chi connectivity index (χ1n) is 11.1. The van der Waals surface area contributed by atoms with E-state index in [2.05, 4.69) is 27.9 Å². The van der Waals surface area contributed by atoms with Crippen molar-refractivity contribution in [2.75, 3.05) is 23.8 Å². The standard InChI is InChI=1S/C26H21N7O2/c27-15-19-23(28)29-16-30-24(19)32-13-5-12-21(32)25-31-20-11-4-7-17(8-6-14-34)22(20)26(35)33(25)18-9-2-1-3-10-18/h1-4,7,9-11,16,21,34H,5,12-14H2,(H2,28,29,30). The summed E-state index contributed by atoms with van der Waals surface area (Å²) in [7, 11) is 0. The van der Waals surface area contributed by atoms with Crippen molar-refractivity contribution in [3.8, 4) is 23.6 Å². The Labute approximate surface area is 201 Å². The average Bonchev–Trinajstić information content (AvgIpc) is 3.37. The molecule has 0 radical (unpaired) electrons. The zero-order valence-corrected chi connectivity index (χ0v) is 18.7. The van der Waals surface area contributed by atoms with Crippen LogP contribution in [-0.4, -0.2) is 37.8 Å². The average molecular weight is 464 g/mol. The minimum atomic E-state index is -0.319. The fourth-order valence-corrected chi connectivity index (χ4v) is 4.54. The van der Waals surface area contributed by atoms with Crippen LogP contribution in [0.25, 0.3) is 16.6 Å². The molecule has 5 rings (SSSR count). The van der Waals surface area contributed by atoms with E-state index in [1.54, 1.807) is 22.8 Å². The molecule has 1 aliphatic heterocycles. The number of hydrogen-bond donors (Lipinski definition) is 2. The van der Waals surface area contributed by atoms with Gasteiger partial charge >= 0.3 is 0 Å². The molecule has 0 amide bonds. The van der Waals surface area contributed by atoms with Crippen LogP contribution in [-0.2, 0) is 0 Å². The maximum absolute atomic E-state index is 14.0. The Hall–Kier alpha value is -4.73. The lowest BCUT2D eigenvalue weighted by Gasteiger charge is -2.28. The molecule has 9 heteroatoms. The molecule has 3 heterocycles. The van der Waals surface area contributed by atoms with Crippen LogP contribution in [0.1, 0.15) is 35.8 Å². The smallest absolute Gasteiger partial charge is 0.267 e. The molecular formula is C26H21N7O2. The number of rotatable bonds is 3. The summed E-state index contributed by atoms with van der Waals surface area (Å²) in [6.07, 6.45) is 2.87. The predicted molar refractivity (Wildman–Crippen MR) is 132 cm³/mol. The molecule has 2 aromatic carbocycles. The maximum Gasteiger partial charge on any atom is 0.267 e. The highest BCUT2D eigenvalue weighted by molar-refractivity contribution is 5.84. The molecule has 0 spiro atoms. The van der Waals surface area contributed by atoms with Crippen molar-refractivity contribution in [2.24, 2.45) is 0 Å². The van der Waals surface area contributed by atoms with Crippen molar-refractivity contribution in [3.63, 3.8) is 0 Å². The third-order valence-electron chi connectivity index (χ3n) is 6.03. The number of benzene rings is 2. The van der Waals surface area contributed by atoms with Crippen molar-refractivity contribution in [3.05, 3.63) is 82.2 Å². The highest BCUT2D eigenvalue weighted by atomic mass is 16.2. The van der Waals surface area contributed by atoms with E-state index < -0.39 is 0 Å². The van der Waals surface area contributed by atoms with E-state index in [4.69, 9.17) is 15.8 Å². The van der Waals surface area contributed by atoms with Gasteiger partial charge < -0.3 is 15.7 Å². The van der Waals surface area contributed by atoms with Gasteiger partial charge in [0.25, 0.3) is 5.56 Å². The third-order valence-corrected chi connectivity index (χ3v) is 6.03. The number of para-hydroxylation sites is 1. The highest BCUT2D eigenvalue weighted by Crippen LogP contribution is 2.37. The fraction of sp³-hybridized carbons (Fsp3) is 0.192. The molecular weight excluding hydrogens is 442 g/mol. The second-order valence-corrected chi connectivity index (χ2v) is 8.03. The summed E-state index contributed by atoms with van der Waals surface area (Å²) in [5, 5.41) is 19.3. The molecule has 0 aliphatic carbocycles. The lowest BCUT2D eigenvalue weighted by molar-refractivity contribution is 0.350. The molecule has 4 aromatic rings. The minimum absolute atomic E-state index is 0.113. The minimum Gasteiger partial charge on any atom is -0.384 e. The van der Waals surface area contributed by atoms with Crippen LogP contribution in [0.4, 0.5) is 11.6 Å². The normalized spacial score (nSPS) is 15.0. The molecule has 2 aromatic heterocycles. The van der Waals surface area contributed by atoms with E-state index in [0.29, 0.717) is 46.8 Å². The highest BCUT2D eigenvalue weighted by Gasteiger charge is 2.34. The zero-order chi connectivity index (χ0) is 24.4. The lowest BCUT2D eigenvalue weighted by atomic mass is 10.1. The largest absolute Gasteiger partial charge is 0.384 e. The van der Waals surface area contributed by atoms with Gasteiger partial charge in [-0.3, -0.25) is 9.36 Å². The molecule has 1 unspecified atom stereocenters. The molecule has 1 aliphatic rings. The number of aliphatic hydroxyl groups is 1. The van der Waals surface area contributed by atoms with Crippen LogP contribution in [0.2, 0.25) is 0 Å². The number of aromatic nitrogens is 4. The maximum atomic E-state index is 14.0. The van der Waals surface area contributed by atoms with Gasteiger partial charge in [0.05, 0.1) is 22.6 Å². The van der Waals surface area contributed by atoms with Gasteiger partial charge in [-0.2, -0.15) is 5.26 Å². The molecule has 3 N–H and O–H groups in total. The van der Waals surface area contributed by atoms with Gasteiger partial charge in [0.15, 0.2) is 5.82 Å². The van der Waals surface area contributed by atoms with Crippen molar-refractivity contribution in [1.29, 1.82) is 5.26 Å². The lowest BCUT2D eigenvalue weighted by Crippen LogP contribution is -2.32. The molecule has 9 nitrogen and oxygen atoms in total. The Morgan fingerprint density at radius 3 is 2.74 bits per heavy atom. The summed E-state index contributed by atoms with van der Waals surface area (Å²) in [5.74, 6) is 6.58. The number of nitrogen functional groups attached to an aromatic ring is 1. The monoisotopic (exact) mass is 463 g/mol. The molecule has 1 fully saturated rings. The van der Waals surface area contributed by atoms with Crippen molar-refractivity contribution < 1.29 is 5.11 Å². The Balaban J connectivity index is 1.79. The summed E-state index contributed by atoms with van der Waals surface area (Å²) >= 11 is 0. The summed E-state index contributed by atoms with van der Waals surface area (Å²) in [6, 6.07) is 16.4. The van der Waals surface area contributed by atoms with Crippen molar-refractivity contribution in [2.45, 2.75) is 18.9 Å². The number of fused-ring (bicyclic) bond motifs is 1. The van der Waals surface area contributed by atoms with Gasteiger partial charge in [0.1, 0.15) is 36.2 Å². The first-order valence-corrected chi connectivity index (χ1v) is 11.1. The predicted octanol–water partition coefficient (Wildman–Crippen LogP) is 2.31. The van der Waals surface area contributed by atoms with Gasteiger partial charge in [0, 0.05) is 12.1 Å². The van der Waals surface area contributed by atoms with Crippen LogP contribution >= 0.6 is 0 Å². The number of aliphatic hydroxyl groups excluding tert-OH is 1. The second kappa shape index (κ2) is 9.26. The Morgan fingerprint density at radius 1 is 1.14 bits per heavy atom. The van der Waals surface area contributed by atoms with E-state index in [1.807, 2.05) is 35.2 Å². The fourth-order valence-electron chi connectivity index (χ4n) is 4.54. The van der Waals surface area contributed by atoms with E-state index in [-0.39, 0.29) is 29.6 Å². The first kappa shape index (κ1) is 22.1. The van der Waals surface area contributed by atoms with E-state index in [9.17, 15) is 10.1 Å². The molecule has 0 bridgehead atoms. The summed E-state index contributed by atoms with van der Waals surface area (Å²) < 4.78 is 1.60. The van der Waals surface area contributed by atoms with E-state index in [1.165, 1.54) is 6.33 Å². The summed E-state index contributed by atoms with van der Waals surface area (Å²) in [5.41, 5.74) is 7.59. The Morgan fingerprint density at radius 2 is 1.97 bits per heavy atom. The van der Waals surface area contributed by atoms with E-state index >= 15 is 0 Å². The molecule has 0 saturated carbocycles. The van der Waals surface area contributed by atoms with Crippen molar-refractivity contribution >= 4 is 22.5 Å². The molecule has 172 valence electrons. The number of hydrogen-bond acceptors (Lipinski definition) is 8. The van der Waals surface area contributed by atoms with Crippen LogP contribution in [0.5, 0.6) is 0 Å². The number of nitrogens with two attached hydrogens (primary N) is 1. The Bertz CT molecular complexity index is 1580. The van der Waals surface area contributed by atoms with Gasteiger partial charge in [-0.05, 0) is 37.1 Å². The van der Waals surface area contributed by atoms with Gasteiger partial charge in [-0.1, -0.05) is 36.1 Å². The number of nitriles is 1. The van der Waals surface area contributed by atoms with Crippen LogP contribution in [0.15, 0.2) is 59.7 Å². The summed E-state index contributed by atoms with van der Waals surface area (Å²) in [6.45, 7) is 0.315. The van der Waals surface area contributed by atoms with E-state index in [0.717, 1.165) is 6.42 Å². The second-order valence-electron chi connectivity index (χ2n) is 8.03. The molecule has 35 heavy (non-hydrogen) atoms.